The zero-order chi connectivity index (χ0) is 24.7. The Morgan fingerprint density at radius 1 is 1.34 bits per heavy atom. The van der Waals surface area contributed by atoms with E-state index in [1.54, 1.807) is 37.0 Å². The molecule has 4 aromatic rings. The molecule has 0 saturated carbocycles. The zero-order valence-corrected chi connectivity index (χ0v) is 20.9. The molecule has 182 valence electrons. The van der Waals surface area contributed by atoms with Crippen LogP contribution in [0.5, 0.6) is 0 Å². The van der Waals surface area contributed by atoms with E-state index in [-0.39, 0.29) is 12.3 Å². The lowest BCUT2D eigenvalue weighted by Crippen LogP contribution is -2.52. The summed E-state index contributed by atoms with van der Waals surface area (Å²) in [6, 6.07) is 9.44. The lowest BCUT2D eigenvalue weighted by Gasteiger charge is -2.39. The number of benzene rings is 2. The molecule has 1 fully saturated rings. The SMILES string of the molecule is CN(C(=O)[C@H]1C[C@@H](n2cc(-c3ccc(Br)c(F)c3)nn2)[C@@H](O)[C@@H](CO)O1)c1ccc2ncsc2c1. The largest absolute Gasteiger partial charge is 0.394 e. The second kappa shape index (κ2) is 9.70. The highest BCUT2D eigenvalue weighted by Gasteiger charge is 2.42. The lowest BCUT2D eigenvalue weighted by molar-refractivity contribution is -0.169. The van der Waals surface area contributed by atoms with Gasteiger partial charge in [-0.2, -0.15) is 0 Å². The van der Waals surface area contributed by atoms with Crippen molar-refractivity contribution in [3.63, 3.8) is 0 Å². The first kappa shape index (κ1) is 23.9. The molecule has 0 bridgehead atoms. The number of carbonyl (C=O) groups is 1. The fourth-order valence-electron chi connectivity index (χ4n) is 4.15. The molecule has 3 heterocycles. The van der Waals surface area contributed by atoms with Crippen LogP contribution in [0.15, 0.2) is 52.6 Å². The van der Waals surface area contributed by atoms with Gasteiger partial charge in [0, 0.05) is 24.7 Å². The first-order valence-corrected chi connectivity index (χ1v) is 12.5. The summed E-state index contributed by atoms with van der Waals surface area (Å²) in [4.78, 5) is 19.1. The maximum absolute atomic E-state index is 14.0. The molecule has 1 saturated heterocycles. The number of anilines is 1. The van der Waals surface area contributed by atoms with Crippen LogP contribution in [-0.4, -0.2) is 68.1 Å². The standard InChI is InChI=1S/C23H21BrFN5O4S/c1-29(13-3-5-16-21(7-13)35-11-26-16)23(33)19-8-18(22(32)20(10-31)34-19)30-9-17(27-28-30)12-2-4-14(24)15(25)6-12/h2-7,9,11,18-20,22,31-32H,8,10H2,1H3/t18-,19-,20-,22-/m1/s1. The normalized spacial score (nSPS) is 22.4. The molecule has 5 rings (SSSR count). The van der Waals surface area contributed by atoms with Crippen LogP contribution in [0.2, 0.25) is 0 Å². The number of aliphatic hydroxyl groups excluding tert-OH is 2. The monoisotopic (exact) mass is 561 g/mol. The van der Waals surface area contributed by atoms with Crippen molar-refractivity contribution < 1.29 is 24.1 Å². The Morgan fingerprint density at radius 3 is 2.94 bits per heavy atom. The van der Waals surface area contributed by atoms with Gasteiger partial charge in [-0.05, 0) is 46.3 Å². The van der Waals surface area contributed by atoms with Crippen molar-refractivity contribution >= 4 is 49.1 Å². The van der Waals surface area contributed by atoms with Gasteiger partial charge in [0.1, 0.15) is 29.8 Å². The molecule has 1 aliphatic heterocycles. The number of aliphatic hydroxyl groups is 2. The van der Waals surface area contributed by atoms with Gasteiger partial charge in [-0.25, -0.2) is 14.1 Å². The summed E-state index contributed by atoms with van der Waals surface area (Å²) in [5.74, 6) is -0.756. The van der Waals surface area contributed by atoms with E-state index in [9.17, 15) is 19.4 Å². The predicted molar refractivity (Wildman–Crippen MR) is 132 cm³/mol. The maximum Gasteiger partial charge on any atom is 0.255 e. The molecule has 0 unspecified atom stereocenters. The Labute approximate surface area is 211 Å². The Hall–Kier alpha value is -2.77. The number of nitrogens with zero attached hydrogens (tertiary/aromatic N) is 5. The quantitative estimate of drug-likeness (QED) is 0.384. The van der Waals surface area contributed by atoms with E-state index in [4.69, 9.17) is 4.74 Å². The topological polar surface area (TPSA) is 114 Å². The van der Waals surface area contributed by atoms with E-state index in [0.717, 1.165) is 10.2 Å². The molecular weight excluding hydrogens is 541 g/mol. The third-order valence-electron chi connectivity index (χ3n) is 6.12. The van der Waals surface area contributed by atoms with Gasteiger partial charge >= 0.3 is 0 Å². The summed E-state index contributed by atoms with van der Waals surface area (Å²) >= 11 is 4.60. The molecule has 9 nitrogen and oxygen atoms in total. The molecule has 1 aliphatic rings. The minimum atomic E-state index is -1.13. The molecule has 1 amide bonds. The van der Waals surface area contributed by atoms with Gasteiger partial charge in [0.25, 0.3) is 5.91 Å². The number of amides is 1. The van der Waals surface area contributed by atoms with Crippen molar-refractivity contribution in [2.24, 2.45) is 0 Å². The highest BCUT2D eigenvalue weighted by molar-refractivity contribution is 9.10. The number of likely N-dealkylation sites (N-methyl/N-ethyl adjacent to an activating group) is 1. The Bertz CT molecular complexity index is 1380. The number of fused-ring (bicyclic) bond motifs is 1. The van der Waals surface area contributed by atoms with Crippen molar-refractivity contribution in [3.8, 4) is 11.3 Å². The number of halogens is 2. The fraction of sp³-hybridized carbons (Fsp3) is 0.304. The van der Waals surface area contributed by atoms with Crippen LogP contribution in [0, 0.1) is 5.82 Å². The fourth-order valence-corrected chi connectivity index (χ4v) is 5.11. The second-order valence-electron chi connectivity index (χ2n) is 8.25. The van der Waals surface area contributed by atoms with Gasteiger partial charge in [-0.15, -0.1) is 16.4 Å². The van der Waals surface area contributed by atoms with Gasteiger partial charge < -0.3 is 19.8 Å². The molecule has 2 N–H and O–H groups in total. The van der Waals surface area contributed by atoms with Gasteiger partial charge in [-0.1, -0.05) is 11.3 Å². The summed E-state index contributed by atoms with van der Waals surface area (Å²) < 4.78 is 22.5. The van der Waals surface area contributed by atoms with Crippen LogP contribution < -0.4 is 4.90 Å². The minimum absolute atomic E-state index is 0.112. The van der Waals surface area contributed by atoms with E-state index < -0.39 is 36.8 Å². The van der Waals surface area contributed by atoms with Crippen LogP contribution in [-0.2, 0) is 9.53 Å². The molecule has 2 aromatic heterocycles. The number of carbonyl (C=O) groups excluding carboxylic acids is 1. The van der Waals surface area contributed by atoms with Gasteiger partial charge in [0.2, 0.25) is 0 Å². The van der Waals surface area contributed by atoms with E-state index in [0.29, 0.717) is 21.4 Å². The van der Waals surface area contributed by atoms with E-state index in [1.165, 1.54) is 27.0 Å². The maximum atomic E-state index is 14.0. The summed E-state index contributed by atoms with van der Waals surface area (Å²) in [5, 5.41) is 28.9. The first-order valence-electron chi connectivity index (χ1n) is 10.8. The van der Waals surface area contributed by atoms with Crippen LogP contribution in [0.4, 0.5) is 10.1 Å². The zero-order valence-electron chi connectivity index (χ0n) is 18.5. The van der Waals surface area contributed by atoms with Crippen molar-refractivity contribution in [3.05, 3.63) is 58.4 Å². The Kier molecular flexibility index (Phi) is 6.64. The number of hydrogen-bond acceptors (Lipinski definition) is 8. The van der Waals surface area contributed by atoms with Gasteiger partial charge in [0.15, 0.2) is 0 Å². The van der Waals surface area contributed by atoms with Gasteiger partial charge in [-0.3, -0.25) is 4.79 Å². The highest BCUT2D eigenvalue weighted by atomic mass is 79.9. The molecule has 0 spiro atoms. The number of hydrogen-bond donors (Lipinski definition) is 2. The average molecular weight is 562 g/mol. The summed E-state index contributed by atoms with van der Waals surface area (Å²) in [5.41, 5.74) is 4.20. The van der Waals surface area contributed by atoms with E-state index in [1.807, 2.05) is 12.1 Å². The minimum Gasteiger partial charge on any atom is -0.394 e. The molecule has 0 aliphatic carbocycles. The molecule has 4 atom stereocenters. The van der Waals surface area contributed by atoms with E-state index >= 15 is 0 Å². The van der Waals surface area contributed by atoms with Crippen molar-refractivity contribution in [1.29, 1.82) is 0 Å². The van der Waals surface area contributed by atoms with Crippen LogP contribution in [0.1, 0.15) is 12.5 Å². The number of rotatable bonds is 5. The van der Waals surface area contributed by atoms with Crippen molar-refractivity contribution in [2.75, 3.05) is 18.6 Å². The van der Waals surface area contributed by atoms with E-state index in [2.05, 4.69) is 31.2 Å². The Balaban J connectivity index is 1.39. The number of thiazole rings is 1. The highest BCUT2D eigenvalue weighted by Crippen LogP contribution is 2.33. The van der Waals surface area contributed by atoms with Crippen molar-refractivity contribution in [2.45, 2.75) is 30.8 Å². The van der Waals surface area contributed by atoms with Crippen LogP contribution in [0.25, 0.3) is 21.5 Å². The first-order chi connectivity index (χ1) is 16.9. The third kappa shape index (κ3) is 4.59. The lowest BCUT2D eigenvalue weighted by atomic mass is 9.94. The van der Waals surface area contributed by atoms with Crippen LogP contribution >= 0.6 is 27.3 Å². The molecule has 35 heavy (non-hydrogen) atoms. The average Bonchev–Trinajstić information content (AvgIpc) is 3.54. The predicted octanol–water partition coefficient (Wildman–Crippen LogP) is 3.17. The van der Waals surface area contributed by atoms with Crippen LogP contribution in [0.3, 0.4) is 0 Å². The van der Waals surface area contributed by atoms with Gasteiger partial charge in [0.05, 0.1) is 39.0 Å². The van der Waals surface area contributed by atoms with Crippen molar-refractivity contribution in [1.82, 2.24) is 20.0 Å². The molecular formula is C23H21BrFN5O4S. The summed E-state index contributed by atoms with van der Waals surface area (Å²) in [7, 11) is 1.65. The second-order valence-corrected chi connectivity index (χ2v) is 9.99. The molecule has 12 heteroatoms. The third-order valence-corrected chi connectivity index (χ3v) is 7.56. The summed E-state index contributed by atoms with van der Waals surface area (Å²) in [6.45, 7) is -0.475. The number of aromatic nitrogens is 4. The smallest absolute Gasteiger partial charge is 0.255 e. The molecule has 2 aromatic carbocycles. The Morgan fingerprint density at radius 2 is 2.17 bits per heavy atom. The molecule has 0 radical (unpaired) electrons. The number of ether oxygens (including phenoxy) is 1. The summed E-state index contributed by atoms with van der Waals surface area (Å²) in [6.07, 6.45) is -1.35.